The van der Waals surface area contributed by atoms with Crippen molar-refractivity contribution in [2.24, 2.45) is 11.8 Å². The molecule has 8 aromatic heterocycles. The van der Waals surface area contributed by atoms with E-state index in [1.807, 2.05) is 48.8 Å². The molecule has 0 spiro atoms. The molecular formula is C39H33F2N11O3S2. The number of halogens is 2. The number of nitrogens with one attached hydrogen (secondary N) is 2. The summed E-state index contributed by atoms with van der Waals surface area (Å²) in [5.41, 5.74) is 6.15. The van der Waals surface area contributed by atoms with E-state index in [1.54, 1.807) is 50.4 Å². The average molecular weight is 806 g/mol. The molecule has 0 bridgehead atoms. The highest BCUT2D eigenvalue weighted by atomic mass is 32.1. The number of alkyl halides is 2. The molecule has 2 aliphatic carbocycles. The van der Waals surface area contributed by atoms with Crippen LogP contribution in [0, 0.1) is 11.8 Å². The maximum Gasteiger partial charge on any atom is 0.306 e. The van der Waals surface area contributed by atoms with Crippen molar-refractivity contribution in [1.82, 2.24) is 44.1 Å². The average Bonchev–Trinajstić information content (AvgIpc) is 4.01. The van der Waals surface area contributed by atoms with Crippen molar-refractivity contribution >= 4 is 89.0 Å². The lowest BCUT2D eigenvalue weighted by Crippen LogP contribution is -2.60. The van der Waals surface area contributed by atoms with Crippen molar-refractivity contribution in [3.05, 3.63) is 94.7 Å². The normalized spacial score (nSPS) is 18.5. The monoisotopic (exact) mass is 805 g/mol. The summed E-state index contributed by atoms with van der Waals surface area (Å²) in [4.78, 5) is 47.0. The van der Waals surface area contributed by atoms with Crippen molar-refractivity contribution in [2.75, 3.05) is 23.7 Å². The molecule has 1 saturated heterocycles. The molecule has 57 heavy (non-hydrogen) atoms. The molecule has 3 N–H and O–H groups in total. The maximum absolute atomic E-state index is 13.2. The number of hydrogen-bond donors (Lipinski definition) is 3. The van der Waals surface area contributed by atoms with E-state index in [-0.39, 0.29) is 17.7 Å². The fraction of sp³-hybridized carbons (Fsp3) is 0.282. The van der Waals surface area contributed by atoms with Gasteiger partial charge in [0.1, 0.15) is 34.0 Å². The lowest BCUT2D eigenvalue weighted by Gasteiger charge is -2.41. The number of carbonyl (C=O) groups excluding carboxylic acids is 1. The van der Waals surface area contributed by atoms with E-state index in [0.29, 0.717) is 32.1 Å². The van der Waals surface area contributed by atoms with Gasteiger partial charge in [-0.2, -0.15) is 10.2 Å². The van der Waals surface area contributed by atoms with Gasteiger partial charge in [0.05, 0.1) is 40.8 Å². The number of fused-ring (bicyclic) bond motifs is 8. The van der Waals surface area contributed by atoms with Gasteiger partial charge in [-0.05, 0) is 86.1 Å². The Morgan fingerprint density at radius 2 is 1.25 bits per heavy atom. The predicted octanol–water partition coefficient (Wildman–Crippen LogP) is 6.94. The van der Waals surface area contributed by atoms with E-state index >= 15 is 0 Å². The van der Waals surface area contributed by atoms with E-state index in [0.717, 1.165) is 76.2 Å². The second kappa shape index (κ2) is 13.8. The molecule has 0 unspecified atom stereocenters. The molecular weight excluding hydrogens is 773 g/mol. The molecule has 1 amide bonds. The Bertz CT molecular complexity index is 2860. The van der Waals surface area contributed by atoms with Crippen LogP contribution in [0.3, 0.4) is 0 Å². The fourth-order valence-electron chi connectivity index (χ4n) is 8.03. The summed E-state index contributed by atoms with van der Waals surface area (Å²) in [7, 11) is 0. The van der Waals surface area contributed by atoms with Crippen molar-refractivity contribution in [3.63, 3.8) is 0 Å². The molecule has 3 aliphatic rings. The van der Waals surface area contributed by atoms with Crippen LogP contribution in [0.25, 0.3) is 31.5 Å². The quantitative estimate of drug-likeness (QED) is 0.159. The Hall–Kier alpha value is -6.14. The first kappa shape index (κ1) is 35.3. The first-order chi connectivity index (χ1) is 27.7. The van der Waals surface area contributed by atoms with E-state index in [4.69, 9.17) is 0 Å². The lowest BCUT2D eigenvalue weighted by molar-refractivity contribution is -0.169. The van der Waals surface area contributed by atoms with Crippen molar-refractivity contribution in [2.45, 2.75) is 44.4 Å². The second-order valence-electron chi connectivity index (χ2n) is 14.6. The SMILES string of the molecule is O=C(O)[C@H]1CCc2c(sc3ncnc(Nc4ccn5nccc5c4)c23)C1.O=C([C@H]1CCc2c(sc3ncnc(Nc4ccn5nccc5c4)c23)C1)N1CC(F)(F)C1. The number of likely N-dealkylation sites (tertiary alicyclic amines) is 1. The van der Waals surface area contributed by atoms with Crippen LogP contribution < -0.4 is 10.6 Å². The molecule has 14 nitrogen and oxygen atoms in total. The third kappa shape index (κ3) is 6.57. The summed E-state index contributed by atoms with van der Waals surface area (Å²) >= 11 is 3.14. The van der Waals surface area contributed by atoms with Gasteiger partial charge in [-0.25, -0.2) is 37.7 Å². The smallest absolute Gasteiger partial charge is 0.306 e. The number of aryl methyl sites for hydroxylation is 2. The summed E-state index contributed by atoms with van der Waals surface area (Å²) in [6.07, 6.45) is 14.3. The topological polar surface area (TPSA) is 168 Å². The number of rotatable bonds is 6. The zero-order chi connectivity index (χ0) is 38.8. The third-order valence-electron chi connectivity index (χ3n) is 10.9. The first-order valence-electron chi connectivity index (χ1n) is 18.5. The second-order valence-corrected chi connectivity index (χ2v) is 16.7. The van der Waals surface area contributed by atoms with Crippen LogP contribution >= 0.6 is 22.7 Å². The number of anilines is 4. The van der Waals surface area contributed by atoms with Crippen molar-refractivity contribution < 1.29 is 23.5 Å². The van der Waals surface area contributed by atoms with Crippen LogP contribution in [0.1, 0.15) is 33.7 Å². The highest BCUT2D eigenvalue weighted by molar-refractivity contribution is 7.19. The number of aliphatic carboxylic acids is 1. The fourth-order valence-corrected chi connectivity index (χ4v) is 10.6. The van der Waals surface area contributed by atoms with Crippen molar-refractivity contribution in [3.8, 4) is 0 Å². The molecule has 9 heterocycles. The lowest BCUT2D eigenvalue weighted by atomic mass is 9.86. The van der Waals surface area contributed by atoms with Gasteiger partial charge in [0.15, 0.2) is 0 Å². The minimum Gasteiger partial charge on any atom is -0.481 e. The summed E-state index contributed by atoms with van der Waals surface area (Å²) in [6, 6.07) is 11.8. The predicted molar refractivity (Wildman–Crippen MR) is 212 cm³/mol. The molecule has 288 valence electrons. The molecule has 2 atom stereocenters. The largest absolute Gasteiger partial charge is 0.481 e. The van der Waals surface area contributed by atoms with E-state index in [2.05, 4.69) is 40.8 Å². The molecule has 1 fully saturated rings. The highest BCUT2D eigenvalue weighted by Gasteiger charge is 2.48. The number of nitrogens with zero attached hydrogens (tertiary/aromatic N) is 9. The molecule has 0 aromatic carbocycles. The number of carboxylic acid groups (broad SMARTS) is 1. The minimum absolute atomic E-state index is 0.160. The maximum atomic E-state index is 13.2. The van der Waals surface area contributed by atoms with Gasteiger partial charge < -0.3 is 20.6 Å². The molecule has 0 saturated carbocycles. The first-order valence-corrected chi connectivity index (χ1v) is 20.1. The van der Waals surface area contributed by atoms with Crippen LogP contribution in [0.15, 0.2) is 73.8 Å². The van der Waals surface area contributed by atoms with E-state index < -0.39 is 25.0 Å². The summed E-state index contributed by atoms with van der Waals surface area (Å²) < 4.78 is 29.9. The number of thiophene rings is 2. The zero-order valence-electron chi connectivity index (χ0n) is 30.1. The Kier molecular flexibility index (Phi) is 8.55. The van der Waals surface area contributed by atoms with Gasteiger partial charge in [-0.1, -0.05) is 0 Å². The van der Waals surface area contributed by atoms with Crippen LogP contribution in [-0.4, -0.2) is 80.1 Å². The number of carbonyl (C=O) groups is 2. The van der Waals surface area contributed by atoms with Crippen LogP contribution in [-0.2, 0) is 35.3 Å². The highest BCUT2D eigenvalue weighted by Crippen LogP contribution is 2.43. The molecule has 8 aromatic rings. The van der Waals surface area contributed by atoms with Crippen molar-refractivity contribution in [1.29, 1.82) is 0 Å². The Morgan fingerprint density at radius 1 is 0.737 bits per heavy atom. The summed E-state index contributed by atoms with van der Waals surface area (Å²) in [5.74, 6) is -2.65. The Morgan fingerprint density at radius 3 is 1.75 bits per heavy atom. The van der Waals surface area contributed by atoms with E-state index in [9.17, 15) is 23.5 Å². The zero-order valence-corrected chi connectivity index (χ0v) is 31.7. The Labute approximate surface area is 330 Å². The number of pyridine rings is 2. The number of hydrogen-bond acceptors (Lipinski definition) is 12. The van der Waals surface area contributed by atoms with Gasteiger partial charge in [0, 0.05) is 51.8 Å². The number of amides is 1. The molecule has 0 radical (unpaired) electrons. The minimum atomic E-state index is -2.73. The van der Waals surface area contributed by atoms with Gasteiger partial charge in [0.2, 0.25) is 5.91 Å². The Balaban J connectivity index is 0.000000141. The molecule has 1 aliphatic heterocycles. The van der Waals surface area contributed by atoms with Gasteiger partial charge >= 0.3 is 5.97 Å². The van der Waals surface area contributed by atoms with Crippen LogP contribution in [0.5, 0.6) is 0 Å². The third-order valence-corrected chi connectivity index (χ3v) is 13.2. The van der Waals surface area contributed by atoms with Gasteiger partial charge in [0.25, 0.3) is 5.92 Å². The van der Waals surface area contributed by atoms with Crippen LogP contribution in [0.2, 0.25) is 0 Å². The summed E-state index contributed by atoms with van der Waals surface area (Å²) in [6.45, 7) is -0.911. The van der Waals surface area contributed by atoms with Gasteiger partial charge in [-0.3, -0.25) is 9.59 Å². The standard InChI is InChI=1S/C21H18F2N6OS.C18H15N5O2S/c22-21(23)9-28(10-21)20(30)12-1-2-15-16(7-12)31-19-17(15)18(24-11-25-19)27-13-4-6-29-14(8-13)3-5-26-29;24-18(25)10-1-2-13-14(7-10)26-17-15(13)16(19-9-20-17)22-11-4-6-23-12(8-11)3-5-21-23/h3-6,8,11-12H,1-2,7,9-10H2,(H,24,25,27);3-6,8-10H,1-2,7H2,(H,24,25)(H,19,20,22)/t12-;10-/m00/s1. The molecule has 18 heteroatoms. The number of carboxylic acids is 1. The van der Waals surface area contributed by atoms with E-state index in [1.165, 1.54) is 16.8 Å². The van der Waals surface area contributed by atoms with Crippen LogP contribution in [0.4, 0.5) is 31.8 Å². The van der Waals surface area contributed by atoms with Gasteiger partial charge in [-0.15, -0.1) is 22.7 Å². The molecule has 11 rings (SSSR count). The summed E-state index contributed by atoms with van der Waals surface area (Å²) in [5, 5.41) is 26.5. The number of aromatic nitrogens is 8.